The molecule has 1 aromatic rings. The zero-order chi connectivity index (χ0) is 16.9. The molecule has 1 unspecified atom stereocenters. The highest BCUT2D eigenvalue weighted by atomic mass is 79.9. The lowest BCUT2D eigenvalue weighted by Gasteiger charge is -2.26. The van der Waals surface area contributed by atoms with Crippen LogP contribution in [0, 0.1) is 6.92 Å². The molecule has 0 spiro atoms. The predicted octanol–water partition coefficient (Wildman–Crippen LogP) is 3.36. The van der Waals surface area contributed by atoms with Gasteiger partial charge >= 0.3 is 6.09 Å². The number of aryl methyl sites for hydroxylation is 1. The van der Waals surface area contributed by atoms with Crippen molar-refractivity contribution < 1.29 is 19.4 Å². The van der Waals surface area contributed by atoms with Crippen LogP contribution in [0.15, 0.2) is 22.7 Å². The summed E-state index contributed by atoms with van der Waals surface area (Å²) in [5, 5.41) is 9.98. The average Bonchev–Trinajstić information content (AvgIpc) is 2.33. The predicted molar refractivity (Wildman–Crippen MR) is 89.2 cm³/mol. The highest BCUT2D eigenvalue weighted by Gasteiger charge is 2.21. The molecule has 1 atom stereocenters. The maximum Gasteiger partial charge on any atom is 0.410 e. The molecule has 0 aliphatic rings. The van der Waals surface area contributed by atoms with Gasteiger partial charge in [0.2, 0.25) is 0 Å². The number of hydrogen-bond acceptors (Lipinski definition) is 4. The van der Waals surface area contributed by atoms with Gasteiger partial charge in [-0.05, 0) is 51.5 Å². The van der Waals surface area contributed by atoms with Crippen LogP contribution in [0.4, 0.5) is 4.79 Å². The summed E-state index contributed by atoms with van der Waals surface area (Å²) >= 11 is 3.40. The highest BCUT2D eigenvalue weighted by molar-refractivity contribution is 9.10. The molecule has 0 saturated carbocycles. The van der Waals surface area contributed by atoms with Crippen LogP contribution in [0.5, 0.6) is 5.75 Å². The van der Waals surface area contributed by atoms with Gasteiger partial charge in [-0.15, -0.1) is 0 Å². The van der Waals surface area contributed by atoms with Gasteiger partial charge in [-0.2, -0.15) is 0 Å². The first-order valence-corrected chi connectivity index (χ1v) is 7.88. The Morgan fingerprint density at radius 3 is 2.55 bits per heavy atom. The molecule has 22 heavy (non-hydrogen) atoms. The van der Waals surface area contributed by atoms with Crippen molar-refractivity contribution in [2.75, 3.05) is 20.2 Å². The number of likely N-dealkylation sites (N-methyl/N-ethyl adjacent to an activating group) is 1. The van der Waals surface area contributed by atoms with Crippen LogP contribution >= 0.6 is 15.9 Å². The van der Waals surface area contributed by atoms with Gasteiger partial charge in [0.1, 0.15) is 24.1 Å². The van der Waals surface area contributed by atoms with E-state index in [0.29, 0.717) is 5.75 Å². The van der Waals surface area contributed by atoms with Gasteiger partial charge in [-0.25, -0.2) is 4.79 Å². The van der Waals surface area contributed by atoms with E-state index in [0.717, 1.165) is 10.0 Å². The topological polar surface area (TPSA) is 59.0 Å². The standard InChI is InChI=1S/C16H24BrNO4/c1-11-6-12(17)8-14(7-11)21-10-13(19)9-18(5)15(20)22-16(2,3)4/h6-8,13,19H,9-10H2,1-5H3. The van der Waals surface area contributed by atoms with E-state index in [1.54, 1.807) is 27.8 Å². The molecule has 0 aliphatic heterocycles. The second-order valence-electron chi connectivity index (χ2n) is 6.29. The minimum atomic E-state index is -0.795. The molecule has 0 heterocycles. The molecule has 0 aliphatic carbocycles. The number of benzene rings is 1. The van der Waals surface area contributed by atoms with Crippen molar-refractivity contribution in [3.05, 3.63) is 28.2 Å². The number of aliphatic hydroxyl groups is 1. The Morgan fingerprint density at radius 2 is 2.00 bits per heavy atom. The van der Waals surface area contributed by atoms with Crippen molar-refractivity contribution in [2.45, 2.75) is 39.4 Å². The first-order chi connectivity index (χ1) is 10.1. The summed E-state index contributed by atoms with van der Waals surface area (Å²) in [6.45, 7) is 7.60. The molecule has 6 heteroatoms. The fourth-order valence-electron chi connectivity index (χ4n) is 1.76. The molecule has 5 nitrogen and oxygen atoms in total. The lowest BCUT2D eigenvalue weighted by molar-refractivity contribution is 0.0154. The maximum atomic E-state index is 11.8. The third-order valence-corrected chi connectivity index (χ3v) is 3.11. The lowest BCUT2D eigenvalue weighted by atomic mass is 10.2. The van der Waals surface area contributed by atoms with Gasteiger partial charge in [0.05, 0.1) is 6.54 Å². The number of halogens is 1. The van der Waals surface area contributed by atoms with Gasteiger partial charge in [-0.3, -0.25) is 0 Å². The monoisotopic (exact) mass is 373 g/mol. The number of nitrogens with zero attached hydrogens (tertiary/aromatic N) is 1. The summed E-state index contributed by atoms with van der Waals surface area (Å²) in [6.07, 6.45) is -1.26. The molecular weight excluding hydrogens is 350 g/mol. The Bertz CT molecular complexity index is 493. The molecule has 1 aromatic carbocycles. The van der Waals surface area contributed by atoms with Crippen LogP contribution in [0.3, 0.4) is 0 Å². The van der Waals surface area contributed by atoms with Crippen molar-refractivity contribution in [1.82, 2.24) is 4.90 Å². The fraction of sp³-hybridized carbons (Fsp3) is 0.562. The Balaban J connectivity index is 2.45. The molecule has 0 radical (unpaired) electrons. The second kappa shape index (κ2) is 7.83. The maximum absolute atomic E-state index is 11.8. The number of carbonyl (C=O) groups is 1. The molecule has 0 aromatic heterocycles. The van der Waals surface area contributed by atoms with E-state index in [1.807, 2.05) is 25.1 Å². The molecule has 1 N–H and O–H groups in total. The van der Waals surface area contributed by atoms with Gasteiger partial charge in [0.25, 0.3) is 0 Å². The molecule has 1 amide bonds. The molecule has 0 saturated heterocycles. The minimum Gasteiger partial charge on any atom is -0.491 e. The van der Waals surface area contributed by atoms with E-state index in [9.17, 15) is 9.90 Å². The normalized spacial score (nSPS) is 12.7. The summed E-state index contributed by atoms with van der Waals surface area (Å²) < 4.78 is 11.7. The molecule has 0 fully saturated rings. The van der Waals surface area contributed by atoms with Crippen molar-refractivity contribution in [2.24, 2.45) is 0 Å². The number of rotatable bonds is 5. The minimum absolute atomic E-state index is 0.100. The van der Waals surface area contributed by atoms with E-state index < -0.39 is 17.8 Å². The Labute approximate surface area is 140 Å². The summed E-state index contributed by atoms with van der Waals surface area (Å²) in [4.78, 5) is 13.1. The fourth-order valence-corrected chi connectivity index (χ4v) is 2.35. The van der Waals surface area contributed by atoms with E-state index in [4.69, 9.17) is 9.47 Å². The Hall–Kier alpha value is -1.27. The van der Waals surface area contributed by atoms with Crippen LogP contribution in [-0.4, -0.2) is 48.0 Å². The highest BCUT2D eigenvalue weighted by Crippen LogP contribution is 2.21. The van der Waals surface area contributed by atoms with Crippen molar-refractivity contribution in [3.8, 4) is 5.75 Å². The van der Waals surface area contributed by atoms with Gasteiger partial charge in [0, 0.05) is 11.5 Å². The van der Waals surface area contributed by atoms with Crippen molar-refractivity contribution in [1.29, 1.82) is 0 Å². The number of carbonyl (C=O) groups excluding carboxylic acids is 1. The summed E-state index contributed by atoms with van der Waals surface area (Å²) in [7, 11) is 1.58. The number of hydrogen-bond donors (Lipinski definition) is 1. The van der Waals surface area contributed by atoms with Crippen LogP contribution < -0.4 is 4.74 Å². The SMILES string of the molecule is Cc1cc(Br)cc(OCC(O)CN(C)C(=O)OC(C)(C)C)c1. The molecule has 0 bridgehead atoms. The zero-order valence-electron chi connectivity index (χ0n) is 13.7. The first-order valence-electron chi connectivity index (χ1n) is 7.09. The van der Waals surface area contributed by atoms with Gasteiger partial charge < -0.3 is 19.5 Å². The third-order valence-electron chi connectivity index (χ3n) is 2.65. The summed E-state index contributed by atoms with van der Waals surface area (Å²) in [5.41, 5.74) is 0.505. The van der Waals surface area contributed by atoms with Crippen LogP contribution in [0.1, 0.15) is 26.3 Å². The quantitative estimate of drug-likeness (QED) is 0.859. The first kappa shape index (κ1) is 18.8. The number of ether oxygens (including phenoxy) is 2. The van der Waals surface area contributed by atoms with Crippen LogP contribution in [-0.2, 0) is 4.74 Å². The van der Waals surface area contributed by atoms with Crippen LogP contribution in [0.25, 0.3) is 0 Å². The van der Waals surface area contributed by atoms with Gasteiger partial charge in [-0.1, -0.05) is 15.9 Å². The summed E-state index contributed by atoms with van der Waals surface area (Å²) in [5.74, 6) is 0.672. The van der Waals surface area contributed by atoms with E-state index in [-0.39, 0.29) is 13.2 Å². The van der Waals surface area contributed by atoms with E-state index in [1.165, 1.54) is 4.90 Å². The molecule has 1 rings (SSSR count). The molecular formula is C16H24BrNO4. The number of amides is 1. The van der Waals surface area contributed by atoms with E-state index in [2.05, 4.69) is 15.9 Å². The average molecular weight is 374 g/mol. The largest absolute Gasteiger partial charge is 0.491 e. The lowest BCUT2D eigenvalue weighted by Crippen LogP contribution is -2.40. The second-order valence-corrected chi connectivity index (χ2v) is 7.21. The zero-order valence-corrected chi connectivity index (χ0v) is 15.3. The third kappa shape index (κ3) is 7.13. The molecule has 124 valence electrons. The summed E-state index contributed by atoms with van der Waals surface area (Å²) in [6, 6.07) is 5.69. The number of aliphatic hydroxyl groups excluding tert-OH is 1. The Kier molecular flexibility index (Phi) is 6.68. The van der Waals surface area contributed by atoms with E-state index >= 15 is 0 Å². The van der Waals surface area contributed by atoms with Crippen molar-refractivity contribution in [3.63, 3.8) is 0 Å². The smallest absolute Gasteiger partial charge is 0.410 e. The van der Waals surface area contributed by atoms with Gasteiger partial charge in [0.15, 0.2) is 0 Å². The Morgan fingerprint density at radius 1 is 1.36 bits per heavy atom. The van der Waals surface area contributed by atoms with Crippen molar-refractivity contribution >= 4 is 22.0 Å². The van der Waals surface area contributed by atoms with Crippen LogP contribution in [0.2, 0.25) is 0 Å².